The maximum Gasteiger partial charge on any atom is 0.289 e. The maximum absolute atomic E-state index is 12.7. The molecule has 3 aromatic heterocycles. The standard InChI is InChI=1S/C30H27ClN4O2/c1-21-8-10-22(11-9-21)29-26(20-33-14-16-34(17-15-33)30(36)27-7-4-18-37-27)35-19-23(12-13-28(35)32-29)24-5-2-3-6-25(24)31/h2-13,18-19H,14-17,20H2,1H3. The van der Waals surface area contributed by atoms with Crippen molar-refractivity contribution < 1.29 is 9.21 Å². The van der Waals surface area contributed by atoms with E-state index >= 15 is 0 Å². The van der Waals surface area contributed by atoms with Gasteiger partial charge in [-0.05, 0) is 42.8 Å². The Bertz CT molecular complexity index is 1550. The zero-order valence-corrected chi connectivity index (χ0v) is 21.4. The minimum Gasteiger partial charge on any atom is -0.459 e. The number of amides is 1. The Balaban J connectivity index is 1.33. The summed E-state index contributed by atoms with van der Waals surface area (Å²) in [6.45, 7) is 5.67. The van der Waals surface area contributed by atoms with Gasteiger partial charge in [-0.25, -0.2) is 4.98 Å². The van der Waals surface area contributed by atoms with Crippen LogP contribution in [0.3, 0.4) is 0 Å². The third-order valence-electron chi connectivity index (χ3n) is 6.99. The quantitative estimate of drug-likeness (QED) is 0.283. The van der Waals surface area contributed by atoms with Crippen LogP contribution in [0.2, 0.25) is 5.02 Å². The van der Waals surface area contributed by atoms with Crippen molar-refractivity contribution in [1.29, 1.82) is 0 Å². The number of rotatable bonds is 5. The Morgan fingerprint density at radius 1 is 0.919 bits per heavy atom. The topological polar surface area (TPSA) is 54.0 Å². The Morgan fingerprint density at radius 3 is 2.41 bits per heavy atom. The first-order chi connectivity index (χ1) is 18.1. The van der Waals surface area contributed by atoms with Crippen LogP contribution in [0.25, 0.3) is 28.0 Å². The fourth-order valence-corrected chi connectivity index (χ4v) is 5.16. The molecule has 6 rings (SSSR count). The summed E-state index contributed by atoms with van der Waals surface area (Å²) in [6, 6.07) is 24.0. The molecule has 1 amide bonds. The van der Waals surface area contributed by atoms with E-state index in [0.717, 1.165) is 58.4 Å². The number of hydrogen-bond donors (Lipinski definition) is 0. The van der Waals surface area contributed by atoms with Gasteiger partial charge in [-0.2, -0.15) is 0 Å². The van der Waals surface area contributed by atoms with Crippen molar-refractivity contribution in [3.63, 3.8) is 0 Å². The van der Waals surface area contributed by atoms with Gasteiger partial charge in [0.2, 0.25) is 0 Å². The third kappa shape index (κ3) is 4.66. The van der Waals surface area contributed by atoms with Gasteiger partial charge in [0.15, 0.2) is 5.76 Å². The molecule has 6 nitrogen and oxygen atoms in total. The van der Waals surface area contributed by atoms with E-state index in [1.807, 2.05) is 29.2 Å². The summed E-state index contributed by atoms with van der Waals surface area (Å²) >= 11 is 6.53. The summed E-state index contributed by atoms with van der Waals surface area (Å²) in [6.07, 6.45) is 3.67. The minimum atomic E-state index is -0.0517. The van der Waals surface area contributed by atoms with E-state index in [0.29, 0.717) is 18.8 Å². The van der Waals surface area contributed by atoms with E-state index in [9.17, 15) is 4.79 Å². The van der Waals surface area contributed by atoms with E-state index in [1.165, 1.54) is 11.8 Å². The second-order valence-electron chi connectivity index (χ2n) is 9.44. The van der Waals surface area contributed by atoms with Crippen molar-refractivity contribution in [2.24, 2.45) is 0 Å². The smallest absolute Gasteiger partial charge is 0.289 e. The number of carbonyl (C=O) groups excluding carboxylic acids is 1. The number of hydrogen-bond acceptors (Lipinski definition) is 4. The molecule has 0 radical (unpaired) electrons. The largest absolute Gasteiger partial charge is 0.459 e. The van der Waals surface area contributed by atoms with Crippen LogP contribution in [-0.2, 0) is 6.54 Å². The van der Waals surface area contributed by atoms with Crippen molar-refractivity contribution in [3.05, 3.63) is 107 Å². The molecule has 1 saturated heterocycles. The lowest BCUT2D eigenvalue weighted by molar-refractivity contribution is 0.0596. The van der Waals surface area contributed by atoms with Crippen LogP contribution in [0.5, 0.6) is 0 Å². The van der Waals surface area contributed by atoms with E-state index in [-0.39, 0.29) is 5.91 Å². The Hall–Kier alpha value is -3.87. The monoisotopic (exact) mass is 510 g/mol. The van der Waals surface area contributed by atoms with Crippen LogP contribution >= 0.6 is 11.6 Å². The highest BCUT2D eigenvalue weighted by molar-refractivity contribution is 6.33. The molecular weight excluding hydrogens is 484 g/mol. The fraction of sp³-hybridized carbons (Fsp3) is 0.200. The zero-order chi connectivity index (χ0) is 25.4. The lowest BCUT2D eigenvalue weighted by Crippen LogP contribution is -2.48. The molecule has 0 spiro atoms. The molecule has 186 valence electrons. The van der Waals surface area contributed by atoms with Crippen molar-refractivity contribution in [2.75, 3.05) is 26.2 Å². The van der Waals surface area contributed by atoms with Crippen LogP contribution in [0.1, 0.15) is 21.8 Å². The van der Waals surface area contributed by atoms with Gasteiger partial charge in [-0.1, -0.05) is 59.6 Å². The number of piperazine rings is 1. The predicted octanol–water partition coefficient (Wildman–Crippen LogP) is 6.18. The molecule has 2 aromatic carbocycles. The Morgan fingerprint density at radius 2 is 1.68 bits per heavy atom. The minimum absolute atomic E-state index is 0.0517. The first-order valence-electron chi connectivity index (χ1n) is 12.4. The van der Waals surface area contributed by atoms with E-state index in [4.69, 9.17) is 21.0 Å². The lowest BCUT2D eigenvalue weighted by Gasteiger charge is -2.34. The summed E-state index contributed by atoms with van der Waals surface area (Å²) in [5.41, 5.74) is 7.34. The molecule has 37 heavy (non-hydrogen) atoms. The van der Waals surface area contributed by atoms with Gasteiger partial charge in [0.25, 0.3) is 5.91 Å². The second kappa shape index (κ2) is 9.88. The van der Waals surface area contributed by atoms with Crippen LogP contribution in [-0.4, -0.2) is 51.3 Å². The van der Waals surface area contributed by atoms with E-state index in [1.54, 1.807) is 12.1 Å². The highest BCUT2D eigenvalue weighted by atomic mass is 35.5. The van der Waals surface area contributed by atoms with Crippen LogP contribution < -0.4 is 0 Å². The number of fused-ring (bicyclic) bond motifs is 1. The zero-order valence-electron chi connectivity index (χ0n) is 20.6. The Kier molecular flexibility index (Phi) is 6.28. The summed E-state index contributed by atoms with van der Waals surface area (Å²) in [5.74, 6) is 0.341. The molecule has 0 N–H and O–H groups in total. The van der Waals surface area contributed by atoms with Gasteiger partial charge in [0.1, 0.15) is 5.65 Å². The number of aryl methyl sites for hydroxylation is 1. The molecular formula is C30H27ClN4O2. The number of furan rings is 1. The number of imidazole rings is 1. The molecule has 0 unspecified atom stereocenters. The number of nitrogens with zero attached hydrogens (tertiary/aromatic N) is 4. The molecule has 0 atom stereocenters. The normalized spacial score (nSPS) is 14.4. The van der Waals surface area contributed by atoms with Crippen molar-refractivity contribution in [1.82, 2.24) is 19.2 Å². The highest BCUT2D eigenvalue weighted by Crippen LogP contribution is 2.31. The van der Waals surface area contributed by atoms with Crippen molar-refractivity contribution >= 4 is 23.2 Å². The molecule has 0 bridgehead atoms. The van der Waals surface area contributed by atoms with Gasteiger partial charge in [-0.15, -0.1) is 0 Å². The van der Waals surface area contributed by atoms with E-state index in [2.05, 4.69) is 58.8 Å². The van der Waals surface area contributed by atoms with Gasteiger partial charge in [0, 0.05) is 55.1 Å². The van der Waals surface area contributed by atoms with Crippen LogP contribution in [0.15, 0.2) is 89.7 Å². The summed E-state index contributed by atoms with van der Waals surface area (Å²) < 4.78 is 7.50. The number of halogens is 1. The molecule has 1 aliphatic rings. The third-order valence-corrected chi connectivity index (χ3v) is 7.32. The average Bonchev–Trinajstić information content (AvgIpc) is 3.58. The van der Waals surface area contributed by atoms with Crippen LogP contribution in [0, 0.1) is 6.92 Å². The van der Waals surface area contributed by atoms with Gasteiger partial charge < -0.3 is 13.7 Å². The molecule has 1 aliphatic heterocycles. The highest BCUT2D eigenvalue weighted by Gasteiger charge is 2.25. The number of aromatic nitrogens is 2. The summed E-state index contributed by atoms with van der Waals surface area (Å²) in [7, 11) is 0. The SMILES string of the molecule is Cc1ccc(-c2nc3ccc(-c4ccccc4Cl)cn3c2CN2CCN(C(=O)c3ccco3)CC2)cc1. The molecule has 4 heterocycles. The fourth-order valence-electron chi connectivity index (χ4n) is 4.92. The Labute approximate surface area is 220 Å². The van der Waals surface area contributed by atoms with Gasteiger partial charge in [0.05, 0.1) is 17.7 Å². The van der Waals surface area contributed by atoms with Crippen molar-refractivity contribution in [2.45, 2.75) is 13.5 Å². The molecule has 5 aromatic rings. The molecule has 0 aliphatic carbocycles. The number of benzene rings is 2. The number of pyridine rings is 1. The van der Waals surface area contributed by atoms with Crippen LogP contribution in [0.4, 0.5) is 0 Å². The van der Waals surface area contributed by atoms with Gasteiger partial charge >= 0.3 is 0 Å². The predicted molar refractivity (Wildman–Crippen MR) is 146 cm³/mol. The molecule has 0 saturated carbocycles. The molecule has 1 fully saturated rings. The first-order valence-corrected chi connectivity index (χ1v) is 12.8. The maximum atomic E-state index is 12.7. The van der Waals surface area contributed by atoms with Crippen molar-refractivity contribution in [3.8, 4) is 22.4 Å². The first kappa shape index (κ1) is 23.5. The van der Waals surface area contributed by atoms with Gasteiger partial charge in [-0.3, -0.25) is 9.69 Å². The summed E-state index contributed by atoms with van der Waals surface area (Å²) in [4.78, 5) is 22.0. The average molecular weight is 511 g/mol. The molecule has 7 heteroatoms. The lowest BCUT2D eigenvalue weighted by atomic mass is 10.1. The number of carbonyl (C=O) groups is 1. The van der Waals surface area contributed by atoms with E-state index < -0.39 is 0 Å². The second-order valence-corrected chi connectivity index (χ2v) is 9.85. The summed E-state index contributed by atoms with van der Waals surface area (Å²) in [5, 5.41) is 0.722.